The van der Waals surface area contributed by atoms with Gasteiger partial charge < -0.3 is 11.1 Å². The summed E-state index contributed by atoms with van der Waals surface area (Å²) in [6.45, 7) is 2.78. The van der Waals surface area contributed by atoms with Gasteiger partial charge in [-0.15, -0.1) is 0 Å². The number of rotatable bonds is 6. The average Bonchev–Trinajstić information content (AvgIpc) is 2.71. The molecule has 0 aromatic carbocycles. The summed E-state index contributed by atoms with van der Waals surface area (Å²) in [6.07, 6.45) is 8.70. The number of nitrogens with one attached hydrogen (secondary N) is 1. The number of nitrogens with two attached hydrogens (primary N) is 1. The molecule has 15 heavy (non-hydrogen) atoms. The normalized spacial score (nSPS) is 17.3. The van der Waals surface area contributed by atoms with E-state index in [1.54, 1.807) is 0 Å². The Bertz CT molecular complexity index is 236. The second-order valence-electron chi connectivity index (χ2n) is 4.19. The number of carbonyl (C=O) groups is 1. The van der Waals surface area contributed by atoms with Crippen LogP contribution in [0.15, 0.2) is 11.6 Å². The zero-order valence-corrected chi connectivity index (χ0v) is 9.59. The van der Waals surface area contributed by atoms with Gasteiger partial charge in [-0.3, -0.25) is 4.79 Å². The van der Waals surface area contributed by atoms with Crippen molar-refractivity contribution in [3.05, 3.63) is 11.6 Å². The molecule has 0 radical (unpaired) electrons. The second kappa shape index (κ2) is 6.62. The lowest BCUT2D eigenvalue weighted by Crippen LogP contribution is -2.40. The Morgan fingerprint density at radius 2 is 2.47 bits per heavy atom. The molecule has 0 saturated carbocycles. The van der Waals surface area contributed by atoms with E-state index in [2.05, 4.69) is 11.4 Å². The molecule has 1 amide bonds. The molecular weight excluding hydrogens is 188 g/mol. The minimum atomic E-state index is -0.326. The number of amides is 1. The summed E-state index contributed by atoms with van der Waals surface area (Å²) < 4.78 is 0. The maximum absolute atomic E-state index is 11.5. The molecule has 0 fully saturated rings. The Kier molecular flexibility index (Phi) is 5.40. The molecule has 0 aromatic rings. The second-order valence-corrected chi connectivity index (χ2v) is 4.19. The molecule has 1 rings (SSSR count). The van der Waals surface area contributed by atoms with E-state index in [-0.39, 0.29) is 11.9 Å². The Hall–Kier alpha value is -0.830. The summed E-state index contributed by atoms with van der Waals surface area (Å²) in [7, 11) is 0. The molecule has 3 heteroatoms. The Balaban J connectivity index is 2.11. The Morgan fingerprint density at radius 3 is 3.07 bits per heavy atom. The zero-order chi connectivity index (χ0) is 11.1. The fourth-order valence-electron chi connectivity index (χ4n) is 1.88. The summed E-state index contributed by atoms with van der Waals surface area (Å²) in [5.41, 5.74) is 7.18. The van der Waals surface area contributed by atoms with Crippen LogP contribution in [0.1, 0.15) is 45.4 Å². The van der Waals surface area contributed by atoms with Crippen molar-refractivity contribution in [1.29, 1.82) is 0 Å². The first-order chi connectivity index (χ1) is 7.24. The molecule has 0 heterocycles. The van der Waals surface area contributed by atoms with Crippen molar-refractivity contribution in [3.63, 3.8) is 0 Å². The average molecular weight is 210 g/mol. The fourth-order valence-corrected chi connectivity index (χ4v) is 1.88. The predicted molar refractivity (Wildman–Crippen MR) is 62.4 cm³/mol. The largest absolute Gasteiger partial charge is 0.354 e. The van der Waals surface area contributed by atoms with E-state index in [1.807, 2.05) is 6.92 Å². The Morgan fingerprint density at radius 1 is 1.67 bits per heavy atom. The van der Waals surface area contributed by atoms with Crippen LogP contribution in [-0.2, 0) is 4.79 Å². The quantitative estimate of drug-likeness (QED) is 0.656. The lowest BCUT2D eigenvalue weighted by Gasteiger charge is -2.11. The smallest absolute Gasteiger partial charge is 0.236 e. The monoisotopic (exact) mass is 210 g/mol. The van der Waals surface area contributed by atoms with Crippen molar-refractivity contribution >= 4 is 5.91 Å². The molecule has 86 valence electrons. The van der Waals surface area contributed by atoms with Crippen LogP contribution in [0, 0.1) is 0 Å². The Labute approximate surface area is 92.1 Å². The lowest BCUT2D eigenvalue weighted by molar-refractivity contribution is -0.122. The maximum atomic E-state index is 11.5. The third-order valence-electron chi connectivity index (χ3n) is 2.82. The van der Waals surface area contributed by atoms with Crippen LogP contribution >= 0.6 is 0 Å². The van der Waals surface area contributed by atoms with Gasteiger partial charge in [0.2, 0.25) is 5.91 Å². The van der Waals surface area contributed by atoms with Crippen molar-refractivity contribution < 1.29 is 4.79 Å². The summed E-state index contributed by atoms with van der Waals surface area (Å²) in [6, 6.07) is -0.326. The molecular formula is C12H22N2O. The lowest BCUT2D eigenvalue weighted by atomic mass is 10.1. The maximum Gasteiger partial charge on any atom is 0.236 e. The van der Waals surface area contributed by atoms with E-state index in [4.69, 9.17) is 5.73 Å². The summed E-state index contributed by atoms with van der Waals surface area (Å²) >= 11 is 0. The predicted octanol–water partition coefficient (Wildman–Crippen LogP) is 1.73. The molecule has 3 nitrogen and oxygen atoms in total. The summed E-state index contributed by atoms with van der Waals surface area (Å²) in [5.74, 6) is -0.00422. The molecule has 0 unspecified atom stereocenters. The van der Waals surface area contributed by atoms with Gasteiger partial charge in [-0.05, 0) is 32.1 Å². The van der Waals surface area contributed by atoms with Gasteiger partial charge in [-0.1, -0.05) is 25.0 Å². The van der Waals surface area contributed by atoms with E-state index < -0.39 is 0 Å². The van der Waals surface area contributed by atoms with Crippen LogP contribution in [0.4, 0.5) is 0 Å². The highest BCUT2D eigenvalue weighted by atomic mass is 16.2. The molecule has 0 saturated heterocycles. The topological polar surface area (TPSA) is 55.1 Å². The van der Waals surface area contributed by atoms with Gasteiger partial charge >= 0.3 is 0 Å². The van der Waals surface area contributed by atoms with E-state index in [0.29, 0.717) is 0 Å². The number of allylic oxidation sites excluding steroid dienone is 1. The van der Waals surface area contributed by atoms with Gasteiger partial charge in [0.25, 0.3) is 0 Å². The highest BCUT2D eigenvalue weighted by Crippen LogP contribution is 2.19. The fraction of sp³-hybridized carbons (Fsp3) is 0.750. The van der Waals surface area contributed by atoms with Crippen molar-refractivity contribution in [2.75, 3.05) is 6.54 Å². The van der Waals surface area contributed by atoms with Gasteiger partial charge in [-0.25, -0.2) is 0 Å². The summed E-state index contributed by atoms with van der Waals surface area (Å²) in [5, 5.41) is 2.89. The van der Waals surface area contributed by atoms with Crippen molar-refractivity contribution in [1.82, 2.24) is 5.32 Å². The van der Waals surface area contributed by atoms with Crippen LogP contribution < -0.4 is 11.1 Å². The summed E-state index contributed by atoms with van der Waals surface area (Å²) in [4.78, 5) is 11.5. The molecule has 0 spiro atoms. The first-order valence-corrected chi connectivity index (χ1v) is 5.95. The standard InChI is InChI=1S/C12H22N2O/c1-2-5-11(13)12(15)14-9-8-10-6-3-4-7-10/h6,11H,2-5,7-9,13H2,1H3,(H,14,15)/t11-/m0/s1. The zero-order valence-electron chi connectivity index (χ0n) is 9.59. The number of hydrogen-bond acceptors (Lipinski definition) is 2. The third-order valence-corrected chi connectivity index (χ3v) is 2.82. The van der Waals surface area contributed by atoms with Gasteiger partial charge in [0.15, 0.2) is 0 Å². The van der Waals surface area contributed by atoms with Gasteiger partial charge in [0, 0.05) is 6.54 Å². The van der Waals surface area contributed by atoms with Gasteiger partial charge in [-0.2, -0.15) is 0 Å². The minimum absolute atomic E-state index is 0.00422. The van der Waals surface area contributed by atoms with Crippen molar-refractivity contribution in [2.45, 2.75) is 51.5 Å². The first kappa shape index (κ1) is 12.2. The van der Waals surface area contributed by atoms with Crippen LogP contribution in [-0.4, -0.2) is 18.5 Å². The highest BCUT2D eigenvalue weighted by Gasteiger charge is 2.11. The van der Waals surface area contributed by atoms with E-state index in [0.717, 1.165) is 25.8 Å². The minimum Gasteiger partial charge on any atom is -0.354 e. The van der Waals surface area contributed by atoms with E-state index in [9.17, 15) is 4.79 Å². The van der Waals surface area contributed by atoms with Crippen LogP contribution in [0.2, 0.25) is 0 Å². The molecule has 1 aliphatic rings. The molecule has 0 aromatic heterocycles. The molecule has 0 bridgehead atoms. The first-order valence-electron chi connectivity index (χ1n) is 5.95. The SMILES string of the molecule is CCC[C@H](N)C(=O)NCCC1=CCCC1. The van der Waals surface area contributed by atoms with E-state index in [1.165, 1.54) is 24.8 Å². The van der Waals surface area contributed by atoms with Gasteiger partial charge in [0.1, 0.15) is 0 Å². The van der Waals surface area contributed by atoms with Crippen LogP contribution in [0.25, 0.3) is 0 Å². The van der Waals surface area contributed by atoms with Gasteiger partial charge in [0.05, 0.1) is 6.04 Å². The molecule has 1 aliphatic carbocycles. The molecule has 3 N–H and O–H groups in total. The third kappa shape index (κ3) is 4.47. The van der Waals surface area contributed by atoms with E-state index >= 15 is 0 Å². The van der Waals surface area contributed by atoms with Crippen molar-refractivity contribution in [2.24, 2.45) is 5.73 Å². The van der Waals surface area contributed by atoms with Crippen LogP contribution in [0.3, 0.4) is 0 Å². The highest BCUT2D eigenvalue weighted by molar-refractivity contribution is 5.81. The van der Waals surface area contributed by atoms with Crippen molar-refractivity contribution in [3.8, 4) is 0 Å². The number of carbonyl (C=O) groups excluding carboxylic acids is 1. The van der Waals surface area contributed by atoms with Crippen LogP contribution in [0.5, 0.6) is 0 Å². The number of hydrogen-bond donors (Lipinski definition) is 2. The molecule has 0 aliphatic heterocycles. The molecule has 1 atom stereocenters.